The van der Waals surface area contributed by atoms with Gasteiger partial charge in [0.15, 0.2) is 0 Å². The largest absolute Gasteiger partial charge is 0.492 e. The Kier molecular flexibility index (Phi) is 11.8. The van der Waals surface area contributed by atoms with Gasteiger partial charge in [-0.05, 0) is 48.8 Å². The Morgan fingerprint density at radius 3 is 2.03 bits per heavy atom. The molecule has 1 fully saturated rings. The van der Waals surface area contributed by atoms with Crippen LogP contribution in [0.4, 0.5) is 0 Å². The highest BCUT2D eigenvalue weighted by atomic mass is 16.5. The molecule has 2 aromatic rings. The lowest BCUT2D eigenvalue weighted by Crippen LogP contribution is -2.15. The number of aryl methyl sites for hydroxylation is 1. The van der Waals surface area contributed by atoms with Gasteiger partial charge in [-0.1, -0.05) is 115 Å². The number of hydrogen-bond acceptors (Lipinski definition) is 2. The van der Waals surface area contributed by atoms with E-state index in [4.69, 9.17) is 4.74 Å². The lowest BCUT2D eigenvalue weighted by atomic mass is 9.77. The first-order valence-electron chi connectivity index (χ1n) is 14.0. The standard InChI is InChI=1S/C31H47NO/c1-3-5-7-9-11-26-12-14-27(15-13-26)16-17-28-18-20-29(21-19-28)31-23-22-30(25-32-31)33-24-10-8-6-4-2/h18-23,25-27H,3-17,24H2,1-2H3. The minimum atomic E-state index is 0.788. The smallest absolute Gasteiger partial charge is 0.137 e. The van der Waals surface area contributed by atoms with Gasteiger partial charge in [-0.3, -0.25) is 4.98 Å². The SMILES string of the molecule is CCCCCCOc1ccc(-c2ccc(CCC3CCC(CCCCCC)CC3)cc2)nc1. The van der Waals surface area contributed by atoms with Gasteiger partial charge in [-0.2, -0.15) is 0 Å². The van der Waals surface area contributed by atoms with Gasteiger partial charge >= 0.3 is 0 Å². The van der Waals surface area contributed by atoms with Crippen LogP contribution in [0, 0.1) is 11.8 Å². The maximum absolute atomic E-state index is 5.83. The molecule has 0 spiro atoms. The molecule has 1 aromatic carbocycles. The molecule has 2 heteroatoms. The van der Waals surface area contributed by atoms with Crippen molar-refractivity contribution in [1.82, 2.24) is 4.98 Å². The summed E-state index contributed by atoms with van der Waals surface area (Å²) in [7, 11) is 0. The monoisotopic (exact) mass is 449 g/mol. The van der Waals surface area contributed by atoms with Gasteiger partial charge in [0.1, 0.15) is 5.75 Å². The number of unbranched alkanes of at least 4 members (excludes halogenated alkanes) is 6. The van der Waals surface area contributed by atoms with E-state index in [-0.39, 0.29) is 0 Å². The first kappa shape index (κ1) is 25.8. The summed E-state index contributed by atoms with van der Waals surface area (Å²) in [6, 6.07) is 13.2. The van der Waals surface area contributed by atoms with Crippen LogP contribution in [0.1, 0.15) is 109 Å². The molecule has 3 rings (SSSR count). The van der Waals surface area contributed by atoms with E-state index in [0.29, 0.717) is 0 Å². The van der Waals surface area contributed by atoms with Crippen molar-refractivity contribution in [3.63, 3.8) is 0 Å². The number of ether oxygens (including phenoxy) is 1. The number of nitrogens with zero attached hydrogens (tertiary/aromatic N) is 1. The molecule has 0 atom stereocenters. The summed E-state index contributed by atoms with van der Waals surface area (Å²) in [5, 5.41) is 0. The summed E-state index contributed by atoms with van der Waals surface area (Å²) in [6.45, 7) is 5.33. The normalized spacial score (nSPS) is 18.4. The summed E-state index contributed by atoms with van der Waals surface area (Å²) in [5.41, 5.74) is 3.68. The molecule has 1 aromatic heterocycles. The van der Waals surface area contributed by atoms with E-state index in [2.05, 4.69) is 55.2 Å². The van der Waals surface area contributed by atoms with E-state index < -0.39 is 0 Å². The average molecular weight is 450 g/mol. The number of pyridine rings is 1. The minimum absolute atomic E-state index is 0.788. The van der Waals surface area contributed by atoms with Crippen molar-refractivity contribution < 1.29 is 4.74 Å². The molecule has 0 amide bonds. The van der Waals surface area contributed by atoms with Gasteiger partial charge in [0, 0.05) is 5.56 Å². The third-order valence-electron chi connectivity index (χ3n) is 7.53. The molecule has 0 N–H and O–H groups in total. The maximum atomic E-state index is 5.83. The fraction of sp³-hybridized carbons (Fsp3) is 0.645. The van der Waals surface area contributed by atoms with Gasteiger partial charge in [0.25, 0.3) is 0 Å². The highest BCUT2D eigenvalue weighted by molar-refractivity contribution is 5.59. The molecule has 182 valence electrons. The van der Waals surface area contributed by atoms with Crippen LogP contribution in [-0.4, -0.2) is 11.6 Å². The predicted molar refractivity (Wildman–Crippen MR) is 142 cm³/mol. The topological polar surface area (TPSA) is 22.1 Å². The summed E-state index contributed by atoms with van der Waals surface area (Å²) in [6.07, 6.45) is 22.3. The van der Waals surface area contributed by atoms with Crippen molar-refractivity contribution in [3.05, 3.63) is 48.2 Å². The Morgan fingerprint density at radius 2 is 1.39 bits per heavy atom. The zero-order valence-corrected chi connectivity index (χ0v) is 21.4. The van der Waals surface area contributed by atoms with Crippen LogP contribution in [0.3, 0.4) is 0 Å². The van der Waals surface area contributed by atoms with Crippen molar-refractivity contribution in [1.29, 1.82) is 0 Å². The Morgan fingerprint density at radius 1 is 0.727 bits per heavy atom. The molecule has 0 saturated heterocycles. The van der Waals surface area contributed by atoms with Crippen LogP contribution in [0.15, 0.2) is 42.6 Å². The Bertz CT molecular complexity index is 743. The molecule has 1 saturated carbocycles. The Balaban J connectivity index is 1.35. The minimum Gasteiger partial charge on any atom is -0.492 e. The summed E-state index contributed by atoms with van der Waals surface area (Å²) in [5.74, 6) is 2.83. The van der Waals surface area contributed by atoms with Gasteiger partial charge in [-0.25, -0.2) is 0 Å². The van der Waals surface area contributed by atoms with Gasteiger partial charge < -0.3 is 4.74 Å². The van der Waals surface area contributed by atoms with E-state index in [1.165, 1.54) is 101 Å². The molecule has 2 nitrogen and oxygen atoms in total. The Labute approximate surface area is 203 Å². The van der Waals surface area contributed by atoms with E-state index in [1.54, 1.807) is 0 Å². The number of hydrogen-bond donors (Lipinski definition) is 0. The predicted octanol–water partition coefficient (Wildman–Crippen LogP) is 9.42. The first-order valence-corrected chi connectivity index (χ1v) is 14.0. The number of rotatable bonds is 15. The third-order valence-corrected chi connectivity index (χ3v) is 7.53. The van der Waals surface area contributed by atoms with Gasteiger partial charge in [0.2, 0.25) is 0 Å². The first-order chi connectivity index (χ1) is 16.3. The van der Waals surface area contributed by atoms with Crippen molar-refractivity contribution in [2.24, 2.45) is 11.8 Å². The zero-order chi connectivity index (χ0) is 23.1. The van der Waals surface area contributed by atoms with Crippen LogP contribution in [0.25, 0.3) is 11.3 Å². The fourth-order valence-electron chi connectivity index (χ4n) is 5.24. The van der Waals surface area contributed by atoms with Gasteiger partial charge in [0.05, 0.1) is 18.5 Å². The highest BCUT2D eigenvalue weighted by Crippen LogP contribution is 2.34. The van der Waals surface area contributed by atoms with E-state index in [1.807, 2.05) is 6.20 Å². The van der Waals surface area contributed by atoms with Crippen molar-refractivity contribution in [2.75, 3.05) is 6.61 Å². The Hall–Kier alpha value is -1.83. The number of aromatic nitrogens is 1. The van der Waals surface area contributed by atoms with E-state index in [0.717, 1.165) is 36.3 Å². The van der Waals surface area contributed by atoms with Crippen LogP contribution in [-0.2, 0) is 6.42 Å². The zero-order valence-electron chi connectivity index (χ0n) is 21.4. The van der Waals surface area contributed by atoms with E-state index in [9.17, 15) is 0 Å². The van der Waals surface area contributed by atoms with Gasteiger partial charge in [-0.15, -0.1) is 0 Å². The summed E-state index contributed by atoms with van der Waals surface area (Å²) < 4.78 is 5.83. The van der Waals surface area contributed by atoms with E-state index >= 15 is 0 Å². The number of benzene rings is 1. The summed E-state index contributed by atoms with van der Waals surface area (Å²) >= 11 is 0. The summed E-state index contributed by atoms with van der Waals surface area (Å²) in [4.78, 5) is 4.63. The van der Waals surface area contributed by atoms with Crippen molar-refractivity contribution in [2.45, 2.75) is 110 Å². The second-order valence-corrected chi connectivity index (χ2v) is 10.3. The molecular formula is C31H47NO. The van der Waals surface area contributed by atoms with Crippen molar-refractivity contribution >= 4 is 0 Å². The quantitative estimate of drug-likeness (QED) is 0.253. The average Bonchev–Trinajstić information content (AvgIpc) is 2.87. The molecule has 0 aliphatic heterocycles. The van der Waals surface area contributed by atoms with Crippen LogP contribution in [0.5, 0.6) is 5.75 Å². The molecule has 1 heterocycles. The molecule has 33 heavy (non-hydrogen) atoms. The molecule has 1 aliphatic carbocycles. The lowest BCUT2D eigenvalue weighted by molar-refractivity contribution is 0.249. The molecule has 0 bridgehead atoms. The lowest BCUT2D eigenvalue weighted by Gasteiger charge is -2.28. The van der Waals surface area contributed by atoms with Crippen molar-refractivity contribution in [3.8, 4) is 17.0 Å². The fourth-order valence-corrected chi connectivity index (χ4v) is 5.24. The second kappa shape index (κ2) is 15.1. The van der Waals surface area contributed by atoms with Crippen LogP contribution >= 0.6 is 0 Å². The second-order valence-electron chi connectivity index (χ2n) is 10.3. The molecule has 1 aliphatic rings. The van der Waals surface area contributed by atoms with Crippen LogP contribution in [0.2, 0.25) is 0 Å². The molecule has 0 unspecified atom stereocenters. The molecule has 0 radical (unpaired) electrons. The molecular weight excluding hydrogens is 402 g/mol. The third kappa shape index (κ3) is 9.51. The van der Waals surface area contributed by atoms with Crippen LogP contribution < -0.4 is 4.74 Å². The highest BCUT2D eigenvalue weighted by Gasteiger charge is 2.20. The maximum Gasteiger partial charge on any atom is 0.137 e.